The SMILES string of the molecule is COc1cc(Nc2nccc(-c3ccc(OC4CCOCC4)c(N)c3)n2)ccc1SN1CCCC1. The fourth-order valence-electron chi connectivity index (χ4n) is 4.24. The maximum Gasteiger partial charge on any atom is 0.227 e. The quantitative estimate of drug-likeness (QED) is 0.327. The number of nitrogens with one attached hydrogen (secondary N) is 1. The molecule has 5 rings (SSSR count). The van der Waals surface area contributed by atoms with Crippen LogP contribution in [0.4, 0.5) is 17.3 Å². The Bertz CT molecular complexity index is 1150. The molecule has 2 aliphatic heterocycles. The molecule has 35 heavy (non-hydrogen) atoms. The van der Waals surface area contributed by atoms with Crippen LogP contribution in [0.1, 0.15) is 25.7 Å². The van der Waals surface area contributed by atoms with Gasteiger partial charge in [-0.05, 0) is 61.2 Å². The highest BCUT2D eigenvalue weighted by molar-refractivity contribution is 7.97. The average molecular weight is 494 g/mol. The van der Waals surface area contributed by atoms with Crippen LogP contribution in [0.15, 0.2) is 53.6 Å². The normalized spacial score (nSPS) is 16.8. The van der Waals surface area contributed by atoms with Crippen LogP contribution in [0.5, 0.6) is 11.5 Å². The van der Waals surface area contributed by atoms with Crippen LogP contribution in [-0.2, 0) is 4.74 Å². The Morgan fingerprint density at radius 2 is 1.89 bits per heavy atom. The third-order valence-electron chi connectivity index (χ3n) is 6.14. The van der Waals surface area contributed by atoms with E-state index in [0.29, 0.717) is 17.4 Å². The zero-order chi connectivity index (χ0) is 24.0. The van der Waals surface area contributed by atoms with Crippen molar-refractivity contribution in [2.24, 2.45) is 0 Å². The second-order valence-electron chi connectivity index (χ2n) is 8.67. The fourth-order valence-corrected chi connectivity index (χ4v) is 5.32. The minimum absolute atomic E-state index is 0.142. The molecule has 2 aromatic carbocycles. The molecule has 0 bridgehead atoms. The van der Waals surface area contributed by atoms with E-state index in [1.807, 2.05) is 36.4 Å². The molecule has 2 aliphatic rings. The van der Waals surface area contributed by atoms with E-state index in [4.69, 9.17) is 24.9 Å². The third kappa shape index (κ3) is 5.98. The van der Waals surface area contributed by atoms with Crippen molar-refractivity contribution in [2.45, 2.75) is 36.7 Å². The van der Waals surface area contributed by atoms with Gasteiger partial charge in [-0.3, -0.25) is 0 Å². The van der Waals surface area contributed by atoms with Gasteiger partial charge in [0.1, 0.15) is 17.6 Å². The van der Waals surface area contributed by atoms with Crippen molar-refractivity contribution in [3.8, 4) is 22.8 Å². The van der Waals surface area contributed by atoms with Crippen molar-refractivity contribution >= 4 is 29.3 Å². The topological polar surface area (TPSA) is 94.8 Å². The molecular formula is C26H31N5O3S. The molecule has 0 radical (unpaired) electrons. The van der Waals surface area contributed by atoms with Gasteiger partial charge in [-0.2, -0.15) is 0 Å². The van der Waals surface area contributed by atoms with Crippen molar-refractivity contribution in [3.05, 3.63) is 48.7 Å². The fraction of sp³-hybridized carbons (Fsp3) is 0.385. The van der Waals surface area contributed by atoms with Gasteiger partial charge in [-0.1, -0.05) is 0 Å². The molecule has 0 aliphatic carbocycles. The highest BCUT2D eigenvalue weighted by Crippen LogP contribution is 2.36. The van der Waals surface area contributed by atoms with Gasteiger partial charge in [-0.15, -0.1) is 0 Å². The smallest absolute Gasteiger partial charge is 0.227 e. The lowest BCUT2D eigenvalue weighted by molar-refractivity contribution is 0.0259. The number of hydrogen-bond acceptors (Lipinski definition) is 9. The summed E-state index contributed by atoms with van der Waals surface area (Å²) in [6, 6.07) is 13.7. The zero-order valence-corrected chi connectivity index (χ0v) is 20.7. The van der Waals surface area contributed by atoms with Gasteiger partial charge < -0.3 is 25.3 Å². The monoisotopic (exact) mass is 493 g/mol. The maximum atomic E-state index is 6.31. The largest absolute Gasteiger partial charge is 0.495 e. The number of benzene rings is 2. The number of hydrogen-bond donors (Lipinski definition) is 2. The minimum atomic E-state index is 0.142. The summed E-state index contributed by atoms with van der Waals surface area (Å²) in [7, 11) is 1.70. The predicted molar refractivity (Wildman–Crippen MR) is 139 cm³/mol. The second-order valence-corrected chi connectivity index (χ2v) is 9.80. The Morgan fingerprint density at radius 3 is 2.66 bits per heavy atom. The van der Waals surface area contributed by atoms with E-state index in [2.05, 4.69) is 20.7 Å². The molecule has 3 aromatic rings. The van der Waals surface area contributed by atoms with E-state index in [-0.39, 0.29) is 6.10 Å². The van der Waals surface area contributed by atoms with Gasteiger partial charge >= 0.3 is 0 Å². The van der Waals surface area contributed by atoms with E-state index in [1.54, 1.807) is 25.3 Å². The number of nitrogens with two attached hydrogens (primary N) is 1. The lowest BCUT2D eigenvalue weighted by Crippen LogP contribution is -2.26. The van der Waals surface area contributed by atoms with Crippen LogP contribution < -0.4 is 20.5 Å². The lowest BCUT2D eigenvalue weighted by atomic mass is 10.1. The van der Waals surface area contributed by atoms with Crippen LogP contribution in [0.3, 0.4) is 0 Å². The van der Waals surface area contributed by atoms with E-state index >= 15 is 0 Å². The first-order valence-electron chi connectivity index (χ1n) is 12.0. The summed E-state index contributed by atoms with van der Waals surface area (Å²) in [6.07, 6.45) is 6.14. The first-order chi connectivity index (χ1) is 17.2. The second kappa shape index (κ2) is 11.2. The highest BCUT2D eigenvalue weighted by atomic mass is 32.2. The molecule has 184 valence electrons. The van der Waals surface area contributed by atoms with E-state index in [1.165, 1.54) is 12.8 Å². The molecule has 1 aromatic heterocycles. The maximum absolute atomic E-state index is 6.31. The highest BCUT2D eigenvalue weighted by Gasteiger charge is 2.18. The summed E-state index contributed by atoms with van der Waals surface area (Å²) < 4.78 is 19.5. The Balaban J connectivity index is 1.28. The molecule has 2 saturated heterocycles. The number of aromatic nitrogens is 2. The van der Waals surface area contributed by atoms with Crippen molar-refractivity contribution < 1.29 is 14.2 Å². The summed E-state index contributed by atoms with van der Waals surface area (Å²) in [4.78, 5) is 10.2. The van der Waals surface area contributed by atoms with Crippen molar-refractivity contribution in [1.29, 1.82) is 0 Å². The summed E-state index contributed by atoms with van der Waals surface area (Å²) >= 11 is 1.75. The van der Waals surface area contributed by atoms with Gasteiger partial charge in [-0.25, -0.2) is 14.3 Å². The Labute approximate surface area is 210 Å². The molecule has 0 atom stereocenters. The number of nitrogens with zero attached hydrogens (tertiary/aromatic N) is 3. The molecule has 0 unspecified atom stereocenters. The van der Waals surface area contributed by atoms with Crippen LogP contribution in [0.25, 0.3) is 11.3 Å². The number of ether oxygens (including phenoxy) is 3. The molecular weight excluding hydrogens is 462 g/mol. The Kier molecular flexibility index (Phi) is 7.56. The van der Waals surface area contributed by atoms with Crippen molar-refractivity contribution in [2.75, 3.05) is 44.5 Å². The molecule has 0 saturated carbocycles. The molecule has 3 heterocycles. The molecule has 8 nitrogen and oxygen atoms in total. The summed E-state index contributed by atoms with van der Waals surface area (Å²) in [6.45, 7) is 3.68. The van der Waals surface area contributed by atoms with E-state index in [9.17, 15) is 0 Å². The van der Waals surface area contributed by atoms with Crippen LogP contribution >= 0.6 is 11.9 Å². The molecule has 9 heteroatoms. The Hall–Kier alpha value is -3.01. The first-order valence-corrected chi connectivity index (χ1v) is 12.8. The lowest BCUT2D eigenvalue weighted by Gasteiger charge is -2.24. The molecule has 0 amide bonds. The zero-order valence-electron chi connectivity index (χ0n) is 19.9. The number of nitrogen functional groups attached to an aromatic ring is 1. The average Bonchev–Trinajstić information content (AvgIpc) is 3.40. The van der Waals surface area contributed by atoms with Gasteiger partial charge in [0.15, 0.2) is 0 Å². The standard InChI is InChI=1S/C26H31N5O3S/c1-32-24-17-19(5-7-25(24)35-31-12-2-3-13-31)29-26-28-11-8-22(30-26)18-4-6-23(21(27)16-18)34-20-9-14-33-15-10-20/h4-8,11,16-17,20H,2-3,9-10,12-15,27H2,1H3,(H,28,29,30). The van der Waals surface area contributed by atoms with Gasteiger partial charge in [0, 0.05) is 49.4 Å². The Morgan fingerprint density at radius 1 is 1.06 bits per heavy atom. The van der Waals surface area contributed by atoms with Gasteiger partial charge in [0.05, 0.1) is 36.6 Å². The van der Waals surface area contributed by atoms with Crippen LogP contribution in [-0.4, -0.2) is 53.8 Å². The summed E-state index contributed by atoms with van der Waals surface area (Å²) in [5, 5.41) is 3.30. The van der Waals surface area contributed by atoms with E-state index in [0.717, 1.165) is 66.7 Å². The van der Waals surface area contributed by atoms with Crippen molar-refractivity contribution in [1.82, 2.24) is 14.3 Å². The third-order valence-corrected chi connectivity index (χ3v) is 7.29. The molecule has 2 fully saturated rings. The number of anilines is 3. The van der Waals surface area contributed by atoms with Gasteiger partial charge in [0.2, 0.25) is 5.95 Å². The summed E-state index contributed by atoms with van der Waals surface area (Å²) in [5.41, 5.74) is 9.45. The summed E-state index contributed by atoms with van der Waals surface area (Å²) in [5.74, 6) is 2.04. The van der Waals surface area contributed by atoms with Crippen LogP contribution in [0, 0.1) is 0 Å². The molecule has 0 spiro atoms. The van der Waals surface area contributed by atoms with Crippen LogP contribution in [0.2, 0.25) is 0 Å². The van der Waals surface area contributed by atoms with Gasteiger partial charge in [0.25, 0.3) is 0 Å². The predicted octanol–water partition coefficient (Wildman–Crippen LogP) is 5.14. The molecule has 3 N–H and O–H groups in total. The van der Waals surface area contributed by atoms with Crippen molar-refractivity contribution in [3.63, 3.8) is 0 Å². The minimum Gasteiger partial charge on any atom is -0.495 e. The first kappa shape index (κ1) is 23.7. The van der Waals surface area contributed by atoms with E-state index < -0.39 is 0 Å². The number of rotatable bonds is 8. The number of methoxy groups -OCH3 is 1.